The molecule has 0 aliphatic carbocycles. The molecule has 1 amide bonds. The van der Waals surface area contributed by atoms with Gasteiger partial charge in [0.2, 0.25) is 5.91 Å². The second-order valence-electron chi connectivity index (χ2n) is 8.43. The molecule has 3 aromatic rings. The molecular formula is C24H28N4O. The number of hydrogen-bond acceptors (Lipinski definition) is 3. The van der Waals surface area contributed by atoms with Crippen LogP contribution in [0.4, 0.5) is 5.69 Å². The molecule has 5 heteroatoms. The number of benzene rings is 2. The van der Waals surface area contributed by atoms with Crippen molar-refractivity contribution in [2.75, 3.05) is 11.9 Å². The van der Waals surface area contributed by atoms with Gasteiger partial charge in [-0.3, -0.25) is 14.3 Å². The second-order valence-corrected chi connectivity index (χ2v) is 8.43. The molecule has 3 heterocycles. The highest BCUT2D eigenvalue weighted by atomic mass is 16.1. The van der Waals surface area contributed by atoms with Crippen molar-refractivity contribution in [1.82, 2.24) is 14.5 Å². The average molecular weight is 389 g/mol. The number of amides is 1. The van der Waals surface area contributed by atoms with Gasteiger partial charge in [0, 0.05) is 29.4 Å². The SMILES string of the molecule is CCCN1C2CCC1CC(C(=O)Nc1ccc(-n3cnc4ccccc43)cc1)C2. The van der Waals surface area contributed by atoms with E-state index in [0.717, 1.165) is 35.2 Å². The lowest BCUT2D eigenvalue weighted by atomic mass is 9.89. The fourth-order valence-corrected chi connectivity index (χ4v) is 5.23. The molecule has 0 saturated carbocycles. The smallest absolute Gasteiger partial charge is 0.227 e. The lowest BCUT2D eigenvalue weighted by molar-refractivity contribution is -0.122. The van der Waals surface area contributed by atoms with Gasteiger partial charge >= 0.3 is 0 Å². The summed E-state index contributed by atoms with van der Waals surface area (Å²) in [5, 5.41) is 3.15. The van der Waals surface area contributed by atoms with Gasteiger partial charge in [0.05, 0.1) is 11.0 Å². The van der Waals surface area contributed by atoms with Gasteiger partial charge in [0.25, 0.3) is 0 Å². The summed E-state index contributed by atoms with van der Waals surface area (Å²) in [5.74, 6) is 0.316. The van der Waals surface area contributed by atoms with Crippen molar-refractivity contribution in [1.29, 1.82) is 0 Å². The summed E-state index contributed by atoms with van der Waals surface area (Å²) in [5.41, 5.74) is 3.97. The molecular weight excluding hydrogens is 360 g/mol. The Kier molecular flexibility index (Phi) is 4.84. The summed E-state index contributed by atoms with van der Waals surface area (Å²) in [7, 11) is 0. The van der Waals surface area contributed by atoms with E-state index >= 15 is 0 Å². The summed E-state index contributed by atoms with van der Waals surface area (Å²) < 4.78 is 2.07. The Labute approximate surface area is 171 Å². The Morgan fingerprint density at radius 3 is 2.52 bits per heavy atom. The van der Waals surface area contributed by atoms with Gasteiger partial charge in [-0.25, -0.2) is 4.98 Å². The molecule has 150 valence electrons. The Morgan fingerprint density at radius 1 is 1.07 bits per heavy atom. The number of carbonyl (C=O) groups excluding carboxylic acids is 1. The van der Waals surface area contributed by atoms with E-state index in [4.69, 9.17) is 0 Å². The number of imidazole rings is 1. The van der Waals surface area contributed by atoms with Crippen LogP contribution in [0.1, 0.15) is 39.0 Å². The third-order valence-corrected chi connectivity index (χ3v) is 6.60. The van der Waals surface area contributed by atoms with Crippen LogP contribution in [0.15, 0.2) is 54.9 Å². The molecule has 2 unspecified atom stereocenters. The van der Waals surface area contributed by atoms with Gasteiger partial charge in [-0.15, -0.1) is 0 Å². The normalized spacial score (nSPS) is 24.1. The first-order valence-electron chi connectivity index (χ1n) is 10.8. The van der Waals surface area contributed by atoms with Crippen molar-refractivity contribution in [3.05, 3.63) is 54.9 Å². The molecule has 2 fully saturated rings. The maximum atomic E-state index is 12.9. The molecule has 29 heavy (non-hydrogen) atoms. The maximum absolute atomic E-state index is 12.9. The molecule has 0 spiro atoms. The standard InChI is InChI=1S/C24H28N4O/c1-2-13-27-20-11-12-21(27)15-17(14-20)24(29)26-18-7-9-19(10-8-18)28-16-25-22-5-3-4-6-23(22)28/h3-10,16-17,20-21H,2,11-15H2,1H3,(H,26,29). The first kappa shape index (κ1) is 18.4. The summed E-state index contributed by atoms with van der Waals surface area (Å²) in [6, 6.07) is 17.4. The summed E-state index contributed by atoms with van der Waals surface area (Å²) >= 11 is 0. The minimum Gasteiger partial charge on any atom is -0.326 e. The van der Waals surface area contributed by atoms with Gasteiger partial charge in [-0.2, -0.15) is 0 Å². The lowest BCUT2D eigenvalue weighted by Gasteiger charge is -2.38. The van der Waals surface area contributed by atoms with E-state index in [2.05, 4.69) is 32.8 Å². The van der Waals surface area contributed by atoms with Gasteiger partial charge in [-0.05, 0) is 75.0 Å². The highest BCUT2D eigenvalue weighted by Gasteiger charge is 2.42. The first-order valence-corrected chi connectivity index (χ1v) is 10.8. The van der Waals surface area contributed by atoms with E-state index in [1.807, 2.05) is 48.8 Å². The predicted octanol–water partition coefficient (Wildman–Crippen LogP) is 4.62. The monoisotopic (exact) mass is 388 g/mol. The van der Waals surface area contributed by atoms with E-state index in [1.165, 1.54) is 25.8 Å². The number of para-hydroxylation sites is 2. The summed E-state index contributed by atoms with van der Waals surface area (Å²) in [4.78, 5) is 20.0. The van der Waals surface area contributed by atoms with E-state index in [0.29, 0.717) is 12.1 Å². The number of fused-ring (bicyclic) bond motifs is 3. The van der Waals surface area contributed by atoms with Gasteiger partial charge in [0.15, 0.2) is 0 Å². The third kappa shape index (κ3) is 3.44. The zero-order valence-corrected chi connectivity index (χ0v) is 16.9. The van der Waals surface area contributed by atoms with E-state index in [-0.39, 0.29) is 11.8 Å². The largest absolute Gasteiger partial charge is 0.326 e. The van der Waals surface area contributed by atoms with Gasteiger partial charge in [0.1, 0.15) is 6.33 Å². The Bertz CT molecular complexity index is 995. The molecule has 2 aliphatic heterocycles. The fourth-order valence-electron chi connectivity index (χ4n) is 5.23. The van der Waals surface area contributed by atoms with Crippen molar-refractivity contribution in [3.8, 4) is 5.69 Å². The molecule has 2 aromatic carbocycles. The van der Waals surface area contributed by atoms with Crippen molar-refractivity contribution >= 4 is 22.6 Å². The van der Waals surface area contributed by atoms with Crippen LogP contribution in [-0.2, 0) is 4.79 Å². The highest BCUT2D eigenvalue weighted by molar-refractivity contribution is 5.92. The average Bonchev–Trinajstić information content (AvgIpc) is 3.26. The molecule has 2 bridgehead atoms. The van der Waals surface area contributed by atoms with Crippen LogP contribution in [0.2, 0.25) is 0 Å². The fraction of sp³-hybridized carbons (Fsp3) is 0.417. The van der Waals surface area contributed by atoms with E-state index < -0.39 is 0 Å². The van der Waals surface area contributed by atoms with Crippen molar-refractivity contribution < 1.29 is 4.79 Å². The minimum absolute atomic E-state index is 0.137. The zero-order valence-electron chi connectivity index (χ0n) is 16.9. The zero-order chi connectivity index (χ0) is 19.8. The molecule has 1 aromatic heterocycles. The topological polar surface area (TPSA) is 50.2 Å². The number of hydrogen-bond donors (Lipinski definition) is 1. The van der Waals surface area contributed by atoms with E-state index in [9.17, 15) is 4.79 Å². The number of piperidine rings is 1. The Hall–Kier alpha value is -2.66. The summed E-state index contributed by atoms with van der Waals surface area (Å²) in [6.45, 7) is 3.42. The second kappa shape index (κ2) is 7.64. The number of nitrogens with one attached hydrogen (secondary N) is 1. The number of nitrogens with zero attached hydrogens (tertiary/aromatic N) is 3. The van der Waals surface area contributed by atoms with Crippen LogP contribution < -0.4 is 5.32 Å². The third-order valence-electron chi connectivity index (χ3n) is 6.60. The number of aromatic nitrogens is 2. The van der Waals surface area contributed by atoms with Crippen LogP contribution in [0.3, 0.4) is 0 Å². The predicted molar refractivity (Wildman–Crippen MR) is 116 cm³/mol. The number of rotatable bonds is 5. The highest BCUT2D eigenvalue weighted by Crippen LogP contribution is 2.39. The van der Waals surface area contributed by atoms with Crippen molar-refractivity contribution in [2.24, 2.45) is 5.92 Å². The van der Waals surface area contributed by atoms with Crippen LogP contribution in [0.25, 0.3) is 16.7 Å². The van der Waals surface area contributed by atoms with Crippen LogP contribution in [-0.4, -0.2) is 39.0 Å². The van der Waals surface area contributed by atoms with Crippen LogP contribution in [0.5, 0.6) is 0 Å². The molecule has 2 aliphatic rings. The molecule has 0 radical (unpaired) electrons. The van der Waals surface area contributed by atoms with Crippen molar-refractivity contribution in [3.63, 3.8) is 0 Å². The minimum atomic E-state index is 0.137. The van der Waals surface area contributed by atoms with E-state index in [1.54, 1.807) is 0 Å². The Morgan fingerprint density at radius 2 is 1.79 bits per heavy atom. The number of carbonyl (C=O) groups is 1. The first-order chi connectivity index (χ1) is 14.2. The maximum Gasteiger partial charge on any atom is 0.227 e. The van der Waals surface area contributed by atoms with Crippen LogP contribution >= 0.6 is 0 Å². The molecule has 2 saturated heterocycles. The van der Waals surface area contributed by atoms with Crippen molar-refractivity contribution in [2.45, 2.75) is 51.1 Å². The number of anilines is 1. The quantitative estimate of drug-likeness (QED) is 0.694. The van der Waals surface area contributed by atoms with Gasteiger partial charge < -0.3 is 5.32 Å². The molecule has 5 rings (SSSR count). The lowest BCUT2D eigenvalue weighted by Crippen LogP contribution is -2.45. The summed E-state index contributed by atoms with van der Waals surface area (Å²) in [6.07, 6.45) is 7.55. The molecule has 1 N–H and O–H groups in total. The molecule has 5 nitrogen and oxygen atoms in total. The Balaban J connectivity index is 1.26. The van der Waals surface area contributed by atoms with Gasteiger partial charge in [-0.1, -0.05) is 19.1 Å². The van der Waals surface area contributed by atoms with Crippen LogP contribution in [0, 0.1) is 5.92 Å². The molecule has 2 atom stereocenters.